The fourth-order valence-electron chi connectivity index (χ4n) is 2.91. The molecule has 0 amide bonds. The number of hydrogen-bond acceptors (Lipinski definition) is 1. The van der Waals surface area contributed by atoms with Gasteiger partial charge in [-0.15, -0.1) is 0 Å². The largest absolute Gasteiger partial charge is 0.478 e. The second kappa shape index (κ2) is 3.59. The molecule has 1 aromatic rings. The van der Waals surface area contributed by atoms with Crippen molar-refractivity contribution in [3.8, 4) is 0 Å². The van der Waals surface area contributed by atoms with Crippen LogP contribution in [-0.2, 0) is 10.8 Å². The molecule has 0 fully saturated rings. The molecule has 1 aliphatic rings. The van der Waals surface area contributed by atoms with Crippen LogP contribution in [0.5, 0.6) is 0 Å². The van der Waals surface area contributed by atoms with Gasteiger partial charge in [-0.1, -0.05) is 39.8 Å². The Hall–Kier alpha value is -1.31. The lowest BCUT2D eigenvalue weighted by Crippen LogP contribution is -2.35. The van der Waals surface area contributed by atoms with E-state index in [1.165, 1.54) is 5.56 Å². The molecule has 0 bridgehead atoms. The third-order valence-corrected chi connectivity index (χ3v) is 4.08. The van der Waals surface area contributed by atoms with Gasteiger partial charge in [0.25, 0.3) is 0 Å². The van der Waals surface area contributed by atoms with Crippen molar-refractivity contribution in [2.45, 2.75) is 51.4 Å². The summed E-state index contributed by atoms with van der Waals surface area (Å²) in [5, 5.41) is 9.34. The molecule has 0 saturated carbocycles. The Labute approximate surface area is 103 Å². The first-order valence-electron chi connectivity index (χ1n) is 6.13. The van der Waals surface area contributed by atoms with Gasteiger partial charge in [-0.05, 0) is 40.9 Å². The van der Waals surface area contributed by atoms with Crippen LogP contribution in [0.3, 0.4) is 0 Å². The number of benzene rings is 1. The van der Waals surface area contributed by atoms with E-state index < -0.39 is 5.97 Å². The van der Waals surface area contributed by atoms with E-state index in [0.29, 0.717) is 5.56 Å². The molecule has 1 aliphatic carbocycles. The molecule has 2 nitrogen and oxygen atoms in total. The summed E-state index contributed by atoms with van der Waals surface area (Å²) < 4.78 is 0. The highest BCUT2D eigenvalue weighted by molar-refractivity contribution is 5.90. The summed E-state index contributed by atoms with van der Waals surface area (Å²) in [6.45, 7) is 8.69. The first-order valence-corrected chi connectivity index (χ1v) is 6.13. The van der Waals surface area contributed by atoms with E-state index in [9.17, 15) is 9.90 Å². The summed E-state index contributed by atoms with van der Waals surface area (Å²) in [5.41, 5.74) is 2.74. The zero-order valence-electron chi connectivity index (χ0n) is 11.0. The number of aromatic carboxylic acids is 1. The van der Waals surface area contributed by atoms with Crippen molar-refractivity contribution in [1.82, 2.24) is 0 Å². The maximum Gasteiger partial charge on any atom is 0.335 e. The van der Waals surface area contributed by atoms with Gasteiger partial charge in [-0.25, -0.2) is 4.79 Å². The van der Waals surface area contributed by atoms with E-state index in [1.807, 2.05) is 6.07 Å². The molecule has 2 rings (SSSR count). The van der Waals surface area contributed by atoms with Crippen LogP contribution >= 0.6 is 0 Å². The molecular formula is C15H20O2. The van der Waals surface area contributed by atoms with E-state index in [0.717, 1.165) is 18.4 Å². The highest BCUT2D eigenvalue weighted by Gasteiger charge is 2.39. The summed E-state index contributed by atoms with van der Waals surface area (Å²) in [6.07, 6.45) is 2.15. The predicted molar refractivity (Wildman–Crippen MR) is 68.7 cm³/mol. The van der Waals surface area contributed by atoms with E-state index >= 15 is 0 Å². The minimum Gasteiger partial charge on any atom is -0.478 e. The van der Waals surface area contributed by atoms with E-state index in [-0.39, 0.29) is 10.8 Å². The maximum atomic E-state index is 11.4. The zero-order chi connectivity index (χ0) is 12.8. The van der Waals surface area contributed by atoms with Crippen LogP contribution in [0.4, 0.5) is 0 Å². The molecule has 1 aromatic carbocycles. The lowest BCUT2D eigenvalue weighted by Gasteiger charge is -2.42. The number of rotatable bonds is 1. The average molecular weight is 232 g/mol. The minimum absolute atomic E-state index is 0.0418. The lowest BCUT2D eigenvalue weighted by molar-refractivity contribution is 0.0692. The van der Waals surface area contributed by atoms with Crippen molar-refractivity contribution < 1.29 is 9.90 Å². The van der Waals surface area contributed by atoms with Crippen molar-refractivity contribution in [2.24, 2.45) is 0 Å². The number of hydrogen-bond donors (Lipinski definition) is 1. The Balaban J connectivity index is 2.76. The first kappa shape index (κ1) is 12.2. The maximum absolute atomic E-state index is 11.4. The van der Waals surface area contributed by atoms with Gasteiger partial charge >= 0.3 is 5.97 Å². The molecule has 1 N–H and O–H groups in total. The number of fused-ring (bicyclic) bond motifs is 1. The Bertz CT molecular complexity index is 470. The van der Waals surface area contributed by atoms with Gasteiger partial charge in [0.1, 0.15) is 0 Å². The van der Waals surface area contributed by atoms with Gasteiger partial charge in [-0.2, -0.15) is 0 Å². The number of carbonyl (C=O) groups is 1. The highest BCUT2D eigenvalue weighted by atomic mass is 16.4. The lowest BCUT2D eigenvalue weighted by atomic mass is 9.62. The van der Waals surface area contributed by atoms with Crippen LogP contribution in [0, 0.1) is 0 Å². The summed E-state index contributed by atoms with van der Waals surface area (Å²) >= 11 is 0. The highest BCUT2D eigenvalue weighted by Crippen LogP contribution is 2.46. The van der Waals surface area contributed by atoms with Crippen LogP contribution < -0.4 is 0 Å². The normalized spacial score (nSPS) is 20.7. The molecule has 0 aliphatic heterocycles. The molecule has 0 heterocycles. The Morgan fingerprint density at radius 1 is 1.12 bits per heavy atom. The van der Waals surface area contributed by atoms with Crippen molar-refractivity contribution in [3.05, 3.63) is 34.9 Å². The SMILES string of the molecule is CC1(C)CCC(C)(C)c2c(C(=O)O)cccc21. The van der Waals surface area contributed by atoms with Crippen LogP contribution in [0.15, 0.2) is 18.2 Å². The van der Waals surface area contributed by atoms with Crippen LogP contribution in [0.2, 0.25) is 0 Å². The summed E-state index contributed by atoms with van der Waals surface area (Å²) in [5.74, 6) is -0.812. The van der Waals surface area contributed by atoms with Gasteiger partial charge in [0, 0.05) is 0 Å². The molecule has 0 atom stereocenters. The van der Waals surface area contributed by atoms with Gasteiger partial charge in [0.05, 0.1) is 5.56 Å². The number of carboxylic acid groups (broad SMARTS) is 1. The monoisotopic (exact) mass is 232 g/mol. The molecule has 17 heavy (non-hydrogen) atoms. The minimum atomic E-state index is -0.812. The van der Waals surface area contributed by atoms with Crippen molar-refractivity contribution in [2.75, 3.05) is 0 Å². The van der Waals surface area contributed by atoms with Crippen LogP contribution in [-0.4, -0.2) is 11.1 Å². The quantitative estimate of drug-likeness (QED) is 0.801. The Kier molecular flexibility index (Phi) is 2.57. The standard InChI is InChI=1S/C15H20O2/c1-14(2)8-9-15(3,4)12-10(13(16)17)6-5-7-11(12)14/h5-7H,8-9H2,1-4H3,(H,16,17). The van der Waals surface area contributed by atoms with Gasteiger partial charge < -0.3 is 5.11 Å². The summed E-state index contributed by atoms with van der Waals surface area (Å²) in [6, 6.07) is 5.68. The fraction of sp³-hybridized carbons (Fsp3) is 0.533. The molecule has 0 aromatic heterocycles. The van der Waals surface area contributed by atoms with Crippen LogP contribution in [0.25, 0.3) is 0 Å². The molecular weight excluding hydrogens is 212 g/mol. The van der Waals surface area contributed by atoms with Gasteiger partial charge in [-0.3, -0.25) is 0 Å². The third-order valence-electron chi connectivity index (χ3n) is 4.08. The third kappa shape index (κ3) is 1.86. The predicted octanol–water partition coefficient (Wildman–Crippen LogP) is 3.73. The first-order chi connectivity index (χ1) is 7.76. The molecule has 92 valence electrons. The van der Waals surface area contributed by atoms with E-state index in [1.54, 1.807) is 6.07 Å². The van der Waals surface area contributed by atoms with Gasteiger partial charge in [0.2, 0.25) is 0 Å². The molecule has 0 saturated heterocycles. The zero-order valence-corrected chi connectivity index (χ0v) is 11.0. The summed E-state index contributed by atoms with van der Waals surface area (Å²) in [7, 11) is 0. The van der Waals surface area contributed by atoms with E-state index in [2.05, 4.69) is 33.8 Å². The van der Waals surface area contributed by atoms with Crippen molar-refractivity contribution in [1.29, 1.82) is 0 Å². The fourth-order valence-corrected chi connectivity index (χ4v) is 2.91. The second-order valence-corrected chi connectivity index (χ2v) is 6.30. The smallest absolute Gasteiger partial charge is 0.335 e. The summed E-state index contributed by atoms with van der Waals surface area (Å²) in [4.78, 5) is 11.4. The Morgan fingerprint density at radius 3 is 2.29 bits per heavy atom. The molecule has 0 unspecified atom stereocenters. The molecule has 0 spiro atoms. The second-order valence-electron chi connectivity index (χ2n) is 6.30. The van der Waals surface area contributed by atoms with Crippen LogP contribution in [0.1, 0.15) is 62.0 Å². The Morgan fingerprint density at radius 2 is 1.71 bits per heavy atom. The molecule has 2 heteroatoms. The number of carboxylic acids is 1. The molecule has 0 radical (unpaired) electrons. The van der Waals surface area contributed by atoms with Gasteiger partial charge in [0.15, 0.2) is 0 Å². The topological polar surface area (TPSA) is 37.3 Å². The average Bonchev–Trinajstić information content (AvgIpc) is 2.24. The van der Waals surface area contributed by atoms with Crippen molar-refractivity contribution >= 4 is 5.97 Å². The van der Waals surface area contributed by atoms with Crippen molar-refractivity contribution in [3.63, 3.8) is 0 Å². The van der Waals surface area contributed by atoms with E-state index in [4.69, 9.17) is 0 Å².